The lowest BCUT2D eigenvalue weighted by molar-refractivity contribution is -0.141. The quantitative estimate of drug-likeness (QED) is 0.660. The number of pyridine rings is 1. The number of anilines is 1. The van der Waals surface area contributed by atoms with Gasteiger partial charge in [0.25, 0.3) is 5.91 Å². The van der Waals surface area contributed by atoms with Gasteiger partial charge < -0.3 is 0 Å². The van der Waals surface area contributed by atoms with E-state index in [2.05, 4.69) is 19.7 Å². The van der Waals surface area contributed by atoms with Gasteiger partial charge in [0.1, 0.15) is 11.6 Å². The van der Waals surface area contributed by atoms with Crippen LogP contribution in [0.3, 0.4) is 0 Å². The molecular formula is C16H9F5N4OS. The number of benzene rings is 1. The first kappa shape index (κ1) is 18.8. The van der Waals surface area contributed by atoms with Crippen LogP contribution in [0.5, 0.6) is 0 Å². The number of hydrogen-bond acceptors (Lipinski definition) is 5. The highest BCUT2D eigenvalue weighted by Crippen LogP contribution is 2.31. The number of nitrogens with one attached hydrogen (secondary N) is 1. The van der Waals surface area contributed by atoms with Crippen molar-refractivity contribution in [2.45, 2.75) is 13.1 Å². The van der Waals surface area contributed by atoms with E-state index in [-0.39, 0.29) is 16.5 Å². The third kappa shape index (κ3) is 3.77. The van der Waals surface area contributed by atoms with Gasteiger partial charge in [-0.3, -0.25) is 15.1 Å². The van der Waals surface area contributed by atoms with E-state index in [1.165, 1.54) is 19.1 Å². The van der Waals surface area contributed by atoms with E-state index in [1.807, 2.05) is 0 Å². The van der Waals surface area contributed by atoms with Crippen molar-refractivity contribution in [1.29, 1.82) is 0 Å². The minimum atomic E-state index is -4.83. The molecule has 1 N–H and O–H groups in total. The predicted molar refractivity (Wildman–Crippen MR) is 87.2 cm³/mol. The molecule has 3 aromatic rings. The molecule has 0 aliphatic heterocycles. The number of aryl methyl sites for hydroxylation is 1. The van der Waals surface area contributed by atoms with Crippen molar-refractivity contribution in [3.8, 4) is 11.4 Å². The molecule has 0 saturated heterocycles. The topological polar surface area (TPSA) is 67.8 Å². The Morgan fingerprint density at radius 2 is 1.93 bits per heavy atom. The summed E-state index contributed by atoms with van der Waals surface area (Å²) in [5.41, 5.74) is -2.39. The van der Waals surface area contributed by atoms with Gasteiger partial charge in [0, 0.05) is 17.7 Å². The normalized spacial score (nSPS) is 11.5. The molecule has 27 heavy (non-hydrogen) atoms. The molecular weight excluding hydrogens is 391 g/mol. The standard InChI is InChI=1S/C16H9F5N4OS/c1-7-4-5-9(17)10(11(7)18)13-23-15(27-25-13)24-14(26)8-3-2-6-22-12(8)16(19,20)21/h2-6H,1H3,(H,23,24,25,26). The molecule has 0 aliphatic carbocycles. The van der Waals surface area contributed by atoms with Gasteiger partial charge in [-0.1, -0.05) is 6.07 Å². The highest BCUT2D eigenvalue weighted by atomic mass is 32.1. The summed E-state index contributed by atoms with van der Waals surface area (Å²) in [6.07, 6.45) is -3.92. The summed E-state index contributed by atoms with van der Waals surface area (Å²) < 4.78 is 70.6. The van der Waals surface area contributed by atoms with Crippen molar-refractivity contribution in [1.82, 2.24) is 14.3 Å². The predicted octanol–water partition coefficient (Wildman–Crippen LogP) is 4.46. The van der Waals surface area contributed by atoms with Crippen LogP contribution < -0.4 is 5.32 Å². The Bertz CT molecular complexity index is 1020. The monoisotopic (exact) mass is 400 g/mol. The molecule has 0 bridgehead atoms. The number of amides is 1. The molecule has 0 aliphatic rings. The van der Waals surface area contributed by atoms with Crippen LogP contribution in [0.2, 0.25) is 0 Å². The number of hydrogen-bond donors (Lipinski definition) is 1. The van der Waals surface area contributed by atoms with Gasteiger partial charge in [-0.2, -0.15) is 22.5 Å². The molecule has 0 spiro atoms. The van der Waals surface area contributed by atoms with E-state index >= 15 is 0 Å². The SMILES string of the molecule is Cc1ccc(F)c(-c2nsc(NC(=O)c3cccnc3C(F)(F)F)n2)c1F. The highest BCUT2D eigenvalue weighted by molar-refractivity contribution is 7.10. The first-order valence-corrected chi connectivity index (χ1v) is 8.08. The van der Waals surface area contributed by atoms with Gasteiger partial charge in [-0.25, -0.2) is 8.78 Å². The molecule has 0 fully saturated rings. The lowest BCUT2D eigenvalue weighted by atomic mass is 10.1. The average molecular weight is 400 g/mol. The molecule has 1 amide bonds. The van der Waals surface area contributed by atoms with Crippen LogP contribution in [-0.4, -0.2) is 20.2 Å². The fourth-order valence-corrected chi connectivity index (χ4v) is 2.79. The summed E-state index contributed by atoms with van der Waals surface area (Å²) in [7, 11) is 0. The van der Waals surface area contributed by atoms with Crippen molar-refractivity contribution >= 4 is 22.6 Å². The Morgan fingerprint density at radius 3 is 2.63 bits per heavy atom. The van der Waals surface area contributed by atoms with Crippen LogP contribution in [0.15, 0.2) is 30.5 Å². The van der Waals surface area contributed by atoms with E-state index < -0.39 is 40.5 Å². The molecule has 1 aromatic carbocycles. The fourth-order valence-electron chi connectivity index (χ4n) is 2.22. The van der Waals surface area contributed by atoms with E-state index in [9.17, 15) is 26.7 Å². The Labute approximate surface area is 153 Å². The highest BCUT2D eigenvalue weighted by Gasteiger charge is 2.37. The summed E-state index contributed by atoms with van der Waals surface area (Å²) in [6.45, 7) is 1.42. The van der Waals surface area contributed by atoms with Gasteiger partial charge in [-0.05, 0) is 30.7 Å². The summed E-state index contributed by atoms with van der Waals surface area (Å²) in [5, 5.41) is 1.92. The third-order valence-electron chi connectivity index (χ3n) is 3.48. The van der Waals surface area contributed by atoms with Crippen LogP contribution in [0.25, 0.3) is 11.4 Å². The van der Waals surface area contributed by atoms with Crippen LogP contribution >= 0.6 is 11.5 Å². The van der Waals surface area contributed by atoms with E-state index in [0.29, 0.717) is 11.5 Å². The second kappa shape index (κ2) is 6.99. The number of carbonyl (C=O) groups excluding carboxylic acids is 1. The molecule has 0 unspecified atom stereocenters. The minimum Gasteiger partial charge on any atom is -0.297 e. The van der Waals surface area contributed by atoms with E-state index in [1.54, 1.807) is 0 Å². The van der Waals surface area contributed by atoms with Crippen molar-refractivity contribution in [2.75, 3.05) is 5.32 Å². The third-order valence-corrected chi connectivity index (χ3v) is 4.11. The maximum Gasteiger partial charge on any atom is 0.434 e. The number of carbonyl (C=O) groups is 1. The van der Waals surface area contributed by atoms with Crippen LogP contribution in [-0.2, 0) is 6.18 Å². The Balaban J connectivity index is 1.90. The zero-order valence-corrected chi connectivity index (χ0v) is 14.3. The second-order valence-electron chi connectivity index (χ2n) is 5.33. The molecule has 0 atom stereocenters. The Kier molecular flexibility index (Phi) is 4.87. The van der Waals surface area contributed by atoms with E-state index in [0.717, 1.165) is 18.3 Å². The Morgan fingerprint density at radius 1 is 1.19 bits per heavy atom. The number of nitrogens with zero attached hydrogens (tertiary/aromatic N) is 3. The maximum absolute atomic E-state index is 14.1. The smallest absolute Gasteiger partial charge is 0.297 e. The van der Waals surface area contributed by atoms with Crippen molar-refractivity contribution in [2.24, 2.45) is 0 Å². The summed E-state index contributed by atoms with van der Waals surface area (Å²) in [4.78, 5) is 19.1. The van der Waals surface area contributed by atoms with Crippen molar-refractivity contribution < 1.29 is 26.7 Å². The first-order chi connectivity index (χ1) is 12.7. The average Bonchev–Trinajstić information content (AvgIpc) is 3.06. The van der Waals surface area contributed by atoms with Gasteiger partial charge >= 0.3 is 6.18 Å². The van der Waals surface area contributed by atoms with Gasteiger partial charge in [-0.15, -0.1) is 0 Å². The Hall–Kier alpha value is -2.95. The molecule has 2 aromatic heterocycles. The number of rotatable bonds is 3. The zero-order valence-electron chi connectivity index (χ0n) is 13.4. The molecule has 11 heteroatoms. The fraction of sp³-hybridized carbons (Fsp3) is 0.125. The zero-order chi connectivity index (χ0) is 19.8. The van der Waals surface area contributed by atoms with Crippen LogP contribution in [0.1, 0.15) is 21.6 Å². The molecule has 140 valence electrons. The molecule has 2 heterocycles. The van der Waals surface area contributed by atoms with Gasteiger partial charge in [0.2, 0.25) is 5.13 Å². The number of alkyl halides is 3. The summed E-state index contributed by atoms with van der Waals surface area (Å²) in [6, 6.07) is 4.41. The molecule has 5 nitrogen and oxygen atoms in total. The van der Waals surface area contributed by atoms with Crippen LogP contribution in [0.4, 0.5) is 27.1 Å². The van der Waals surface area contributed by atoms with Crippen LogP contribution in [0, 0.1) is 18.6 Å². The molecule has 0 radical (unpaired) electrons. The molecule has 0 saturated carbocycles. The summed E-state index contributed by atoms with van der Waals surface area (Å²) in [5.74, 6) is -3.21. The van der Waals surface area contributed by atoms with Crippen molar-refractivity contribution in [3.63, 3.8) is 0 Å². The number of halogens is 5. The van der Waals surface area contributed by atoms with Crippen molar-refractivity contribution in [3.05, 3.63) is 58.9 Å². The summed E-state index contributed by atoms with van der Waals surface area (Å²) >= 11 is 0.576. The molecule has 3 rings (SSSR count). The van der Waals surface area contributed by atoms with Gasteiger partial charge in [0.15, 0.2) is 11.5 Å². The van der Waals surface area contributed by atoms with E-state index in [4.69, 9.17) is 0 Å². The largest absolute Gasteiger partial charge is 0.434 e. The first-order valence-electron chi connectivity index (χ1n) is 7.30. The lowest BCUT2D eigenvalue weighted by Crippen LogP contribution is -2.20. The number of aromatic nitrogens is 3. The second-order valence-corrected chi connectivity index (χ2v) is 6.08. The minimum absolute atomic E-state index is 0.164. The maximum atomic E-state index is 14.1. The lowest BCUT2D eigenvalue weighted by Gasteiger charge is -2.10. The van der Waals surface area contributed by atoms with Gasteiger partial charge in [0.05, 0.1) is 11.1 Å².